The van der Waals surface area contributed by atoms with Gasteiger partial charge in [0, 0.05) is 18.5 Å². The second-order valence-electron chi connectivity index (χ2n) is 6.34. The fraction of sp³-hybridized carbons (Fsp3) is 0.857. The van der Waals surface area contributed by atoms with Crippen LogP contribution in [-0.4, -0.2) is 29.2 Å². The summed E-state index contributed by atoms with van der Waals surface area (Å²) in [6, 6.07) is -0.179. The fourth-order valence-corrected chi connectivity index (χ4v) is 2.54. The van der Waals surface area contributed by atoms with Crippen molar-refractivity contribution >= 4 is 12.0 Å². The highest BCUT2D eigenvalue weighted by atomic mass is 16.4. The van der Waals surface area contributed by atoms with Crippen molar-refractivity contribution in [3.05, 3.63) is 0 Å². The molecule has 0 aliphatic heterocycles. The molecular formula is C14H26N2O3. The second kappa shape index (κ2) is 6.78. The molecule has 0 heterocycles. The Bertz CT molecular complexity index is 325. The van der Waals surface area contributed by atoms with E-state index in [1.807, 2.05) is 6.92 Å². The summed E-state index contributed by atoms with van der Waals surface area (Å²) in [6.07, 6.45) is 4.11. The molecule has 0 unspecified atom stereocenters. The molecule has 1 rings (SSSR count). The number of amides is 2. The summed E-state index contributed by atoms with van der Waals surface area (Å²) in [4.78, 5) is 22.5. The number of rotatable bonds is 7. The highest BCUT2D eigenvalue weighted by Crippen LogP contribution is 2.30. The van der Waals surface area contributed by atoms with Gasteiger partial charge in [-0.1, -0.05) is 13.8 Å². The number of carbonyl (C=O) groups is 2. The molecule has 1 saturated carbocycles. The predicted molar refractivity (Wildman–Crippen MR) is 74.0 cm³/mol. The minimum atomic E-state index is -0.807. The van der Waals surface area contributed by atoms with Crippen molar-refractivity contribution in [2.75, 3.05) is 6.54 Å². The van der Waals surface area contributed by atoms with E-state index in [2.05, 4.69) is 24.5 Å². The van der Waals surface area contributed by atoms with Gasteiger partial charge in [-0.05, 0) is 44.4 Å². The van der Waals surface area contributed by atoms with Crippen LogP contribution in [0, 0.1) is 11.8 Å². The van der Waals surface area contributed by atoms with E-state index in [1.54, 1.807) is 0 Å². The minimum Gasteiger partial charge on any atom is -0.481 e. The number of aliphatic carboxylic acids is 1. The van der Waals surface area contributed by atoms with Crippen LogP contribution in [0.5, 0.6) is 0 Å². The lowest BCUT2D eigenvalue weighted by molar-refractivity contribution is -0.138. The van der Waals surface area contributed by atoms with Crippen molar-refractivity contribution in [3.8, 4) is 0 Å². The van der Waals surface area contributed by atoms with Gasteiger partial charge in [-0.3, -0.25) is 4.79 Å². The standard InChI is InChI=1S/C14H26N2O3/c1-10(2)7-11(8-12(17)18)9-15-13(19)16-14(3)5-4-6-14/h10-11H,4-9H2,1-3H3,(H,17,18)(H2,15,16,19)/t11-/m0/s1. The molecule has 0 saturated heterocycles. The van der Waals surface area contributed by atoms with Gasteiger partial charge in [-0.25, -0.2) is 4.79 Å². The molecule has 0 spiro atoms. The van der Waals surface area contributed by atoms with E-state index >= 15 is 0 Å². The normalized spacial score (nSPS) is 18.5. The SMILES string of the molecule is CC(C)C[C@H](CNC(=O)NC1(C)CCC1)CC(=O)O. The summed E-state index contributed by atoms with van der Waals surface area (Å²) in [5, 5.41) is 14.6. The Morgan fingerprint density at radius 1 is 1.32 bits per heavy atom. The van der Waals surface area contributed by atoms with E-state index in [9.17, 15) is 9.59 Å². The number of carboxylic acid groups (broad SMARTS) is 1. The molecule has 0 aromatic rings. The van der Waals surface area contributed by atoms with Gasteiger partial charge in [0.05, 0.1) is 0 Å². The maximum Gasteiger partial charge on any atom is 0.315 e. The van der Waals surface area contributed by atoms with Crippen molar-refractivity contribution in [2.24, 2.45) is 11.8 Å². The van der Waals surface area contributed by atoms with Crippen LogP contribution in [0.4, 0.5) is 4.79 Å². The van der Waals surface area contributed by atoms with Crippen LogP contribution in [0.3, 0.4) is 0 Å². The van der Waals surface area contributed by atoms with Crippen molar-refractivity contribution in [2.45, 2.75) is 58.4 Å². The summed E-state index contributed by atoms with van der Waals surface area (Å²) in [5.41, 5.74) is -0.0651. The third-order valence-corrected chi connectivity index (χ3v) is 3.69. The maximum atomic E-state index is 11.8. The van der Waals surface area contributed by atoms with Gasteiger partial charge in [0.15, 0.2) is 0 Å². The molecule has 0 aromatic carbocycles. The molecule has 5 heteroatoms. The van der Waals surface area contributed by atoms with E-state index in [1.165, 1.54) is 0 Å². The van der Waals surface area contributed by atoms with Crippen LogP contribution in [0.15, 0.2) is 0 Å². The van der Waals surface area contributed by atoms with Crippen LogP contribution in [0.25, 0.3) is 0 Å². The van der Waals surface area contributed by atoms with Gasteiger partial charge in [0.25, 0.3) is 0 Å². The Hall–Kier alpha value is -1.26. The van der Waals surface area contributed by atoms with Crippen LogP contribution >= 0.6 is 0 Å². The van der Waals surface area contributed by atoms with Crippen molar-refractivity contribution in [3.63, 3.8) is 0 Å². The third kappa shape index (κ3) is 5.94. The summed E-state index contributed by atoms with van der Waals surface area (Å²) in [6.45, 7) is 6.58. The lowest BCUT2D eigenvalue weighted by atomic mass is 9.79. The first-order chi connectivity index (χ1) is 8.81. The Morgan fingerprint density at radius 3 is 2.37 bits per heavy atom. The molecule has 0 radical (unpaired) electrons. The molecule has 0 bridgehead atoms. The molecule has 1 fully saturated rings. The molecule has 19 heavy (non-hydrogen) atoms. The van der Waals surface area contributed by atoms with E-state index in [0.717, 1.165) is 25.7 Å². The van der Waals surface area contributed by atoms with Gasteiger partial charge in [0.2, 0.25) is 0 Å². The van der Waals surface area contributed by atoms with Crippen molar-refractivity contribution in [1.82, 2.24) is 10.6 Å². The van der Waals surface area contributed by atoms with Gasteiger partial charge >= 0.3 is 12.0 Å². The molecule has 2 amide bonds. The monoisotopic (exact) mass is 270 g/mol. The largest absolute Gasteiger partial charge is 0.481 e. The molecule has 1 atom stereocenters. The Balaban J connectivity index is 2.33. The molecular weight excluding hydrogens is 244 g/mol. The smallest absolute Gasteiger partial charge is 0.315 e. The van der Waals surface area contributed by atoms with E-state index in [4.69, 9.17) is 5.11 Å². The second-order valence-corrected chi connectivity index (χ2v) is 6.34. The zero-order valence-corrected chi connectivity index (χ0v) is 12.2. The van der Waals surface area contributed by atoms with Crippen LogP contribution in [-0.2, 0) is 4.79 Å². The fourth-order valence-electron chi connectivity index (χ4n) is 2.54. The van der Waals surface area contributed by atoms with Crippen LogP contribution in [0.2, 0.25) is 0 Å². The van der Waals surface area contributed by atoms with Gasteiger partial charge in [-0.2, -0.15) is 0 Å². The number of hydrogen-bond acceptors (Lipinski definition) is 2. The zero-order chi connectivity index (χ0) is 14.5. The molecule has 3 N–H and O–H groups in total. The summed E-state index contributed by atoms with van der Waals surface area (Å²) < 4.78 is 0. The van der Waals surface area contributed by atoms with Crippen LogP contribution < -0.4 is 10.6 Å². The molecule has 1 aliphatic carbocycles. The number of carboxylic acids is 1. The molecule has 110 valence electrons. The summed E-state index contributed by atoms with van der Waals surface area (Å²) >= 11 is 0. The van der Waals surface area contributed by atoms with E-state index < -0.39 is 5.97 Å². The number of nitrogens with one attached hydrogen (secondary N) is 2. The molecule has 5 nitrogen and oxygen atoms in total. The number of carbonyl (C=O) groups excluding carboxylic acids is 1. The number of urea groups is 1. The summed E-state index contributed by atoms with van der Waals surface area (Å²) in [7, 11) is 0. The van der Waals surface area contributed by atoms with Crippen LogP contribution in [0.1, 0.15) is 52.9 Å². The lowest BCUT2D eigenvalue weighted by Gasteiger charge is -2.39. The Kier molecular flexibility index (Phi) is 5.63. The van der Waals surface area contributed by atoms with Crippen molar-refractivity contribution in [1.29, 1.82) is 0 Å². The first kappa shape index (κ1) is 15.8. The zero-order valence-electron chi connectivity index (χ0n) is 12.2. The molecule has 0 aromatic heterocycles. The number of hydrogen-bond donors (Lipinski definition) is 3. The lowest BCUT2D eigenvalue weighted by Crippen LogP contribution is -2.54. The average Bonchev–Trinajstić information content (AvgIpc) is 2.22. The highest BCUT2D eigenvalue weighted by Gasteiger charge is 2.33. The quantitative estimate of drug-likeness (QED) is 0.664. The Morgan fingerprint density at radius 2 is 1.95 bits per heavy atom. The third-order valence-electron chi connectivity index (χ3n) is 3.69. The maximum absolute atomic E-state index is 11.8. The topological polar surface area (TPSA) is 78.4 Å². The first-order valence-corrected chi connectivity index (χ1v) is 7.08. The van der Waals surface area contributed by atoms with E-state index in [0.29, 0.717) is 12.5 Å². The minimum absolute atomic E-state index is 0.00236. The van der Waals surface area contributed by atoms with Gasteiger partial charge in [-0.15, -0.1) is 0 Å². The van der Waals surface area contributed by atoms with Gasteiger partial charge < -0.3 is 15.7 Å². The van der Waals surface area contributed by atoms with Gasteiger partial charge in [0.1, 0.15) is 0 Å². The van der Waals surface area contributed by atoms with Crippen molar-refractivity contribution < 1.29 is 14.7 Å². The summed E-state index contributed by atoms with van der Waals surface area (Å²) in [5.74, 6) is -0.380. The first-order valence-electron chi connectivity index (χ1n) is 7.08. The van der Waals surface area contributed by atoms with E-state index in [-0.39, 0.29) is 23.9 Å². The predicted octanol–water partition coefficient (Wildman–Crippen LogP) is 2.37. The highest BCUT2D eigenvalue weighted by molar-refractivity contribution is 5.75. The average molecular weight is 270 g/mol. The Labute approximate surface area is 115 Å². The molecule has 1 aliphatic rings.